The van der Waals surface area contributed by atoms with Gasteiger partial charge >= 0.3 is 11.7 Å². The molecule has 0 N–H and O–H groups in total. The van der Waals surface area contributed by atoms with Crippen molar-refractivity contribution in [1.82, 2.24) is 0 Å². The Morgan fingerprint density at radius 3 is 2.95 bits per heavy atom. The van der Waals surface area contributed by atoms with Gasteiger partial charge < -0.3 is 9.47 Å². The minimum absolute atomic E-state index is 0.0848. The van der Waals surface area contributed by atoms with Crippen molar-refractivity contribution in [3.05, 3.63) is 38.9 Å². The maximum absolute atomic E-state index is 11.9. The summed E-state index contributed by atoms with van der Waals surface area (Å²) in [5, 5.41) is 10.9. The number of nitrogens with zero attached hydrogens (tertiary/aromatic N) is 1. The molecule has 1 aliphatic heterocycles. The van der Waals surface area contributed by atoms with Gasteiger partial charge in [-0.15, -0.1) is 0 Å². The molecule has 0 amide bonds. The summed E-state index contributed by atoms with van der Waals surface area (Å²) in [4.78, 5) is 22.2. The van der Waals surface area contributed by atoms with Crippen molar-refractivity contribution in [1.29, 1.82) is 0 Å². The van der Waals surface area contributed by atoms with Crippen molar-refractivity contribution in [2.24, 2.45) is 0 Å². The number of benzene rings is 1. The molecule has 1 unspecified atom stereocenters. The summed E-state index contributed by atoms with van der Waals surface area (Å²) in [5.41, 5.74) is -0.568. The van der Waals surface area contributed by atoms with Crippen LogP contribution in [0.2, 0.25) is 5.02 Å². The first-order chi connectivity index (χ1) is 9.59. The molecule has 0 radical (unpaired) electrons. The van der Waals surface area contributed by atoms with Gasteiger partial charge in [0.15, 0.2) is 0 Å². The molecule has 1 aromatic carbocycles. The fourth-order valence-corrected chi connectivity index (χ4v) is 2.29. The van der Waals surface area contributed by atoms with Crippen LogP contribution < -0.4 is 0 Å². The van der Waals surface area contributed by atoms with Crippen molar-refractivity contribution < 1.29 is 19.2 Å². The summed E-state index contributed by atoms with van der Waals surface area (Å²) < 4.78 is 10.5. The molecule has 0 bridgehead atoms. The van der Waals surface area contributed by atoms with Crippen LogP contribution in [-0.4, -0.2) is 30.2 Å². The number of hydrogen-bond acceptors (Lipinski definition) is 5. The summed E-state index contributed by atoms with van der Waals surface area (Å²) >= 11 is 5.74. The summed E-state index contributed by atoms with van der Waals surface area (Å²) in [6.45, 7) is 0.752. The first-order valence-corrected chi connectivity index (χ1v) is 6.69. The highest BCUT2D eigenvalue weighted by atomic mass is 35.5. The van der Waals surface area contributed by atoms with Crippen molar-refractivity contribution in [2.45, 2.75) is 25.4 Å². The van der Waals surface area contributed by atoms with Gasteiger partial charge in [-0.1, -0.05) is 17.7 Å². The number of para-hydroxylation sites is 1. The van der Waals surface area contributed by atoms with Gasteiger partial charge in [0.05, 0.1) is 11.0 Å². The number of nitro groups is 1. The van der Waals surface area contributed by atoms with Crippen LogP contribution in [0.25, 0.3) is 0 Å². The Bertz CT molecular complexity index is 513. The fraction of sp³-hybridized carbons (Fsp3) is 0.462. The van der Waals surface area contributed by atoms with Crippen molar-refractivity contribution in [3.8, 4) is 0 Å². The number of halogens is 1. The second-order valence-corrected chi connectivity index (χ2v) is 4.89. The monoisotopic (exact) mass is 299 g/mol. The van der Waals surface area contributed by atoms with Crippen LogP contribution in [0, 0.1) is 10.1 Å². The van der Waals surface area contributed by atoms with Gasteiger partial charge in [-0.05, 0) is 31.4 Å². The maximum Gasteiger partial charge on any atom is 0.345 e. The summed E-state index contributed by atoms with van der Waals surface area (Å²) in [6, 6.07) is 4.16. The SMILES string of the molecule is O=C(OCC1CCCCO1)c1cccc(Cl)c1[N+](=O)[O-]. The van der Waals surface area contributed by atoms with Crippen molar-refractivity contribution in [3.63, 3.8) is 0 Å². The van der Waals surface area contributed by atoms with E-state index in [2.05, 4.69) is 0 Å². The molecule has 108 valence electrons. The van der Waals surface area contributed by atoms with Gasteiger partial charge in [0.2, 0.25) is 0 Å². The Morgan fingerprint density at radius 2 is 2.30 bits per heavy atom. The van der Waals surface area contributed by atoms with E-state index in [1.54, 1.807) is 0 Å². The molecule has 1 heterocycles. The molecule has 7 heteroatoms. The zero-order valence-corrected chi connectivity index (χ0v) is 11.5. The van der Waals surface area contributed by atoms with Crippen LogP contribution in [-0.2, 0) is 9.47 Å². The number of nitro benzene ring substituents is 1. The van der Waals surface area contributed by atoms with Crippen molar-refractivity contribution in [2.75, 3.05) is 13.2 Å². The van der Waals surface area contributed by atoms with E-state index >= 15 is 0 Å². The van der Waals surface area contributed by atoms with Crippen LogP contribution in [0.4, 0.5) is 5.69 Å². The first kappa shape index (κ1) is 14.7. The second kappa shape index (κ2) is 6.67. The molecule has 2 rings (SSSR count). The third-order valence-electron chi connectivity index (χ3n) is 3.06. The minimum Gasteiger partial charge on any atom is -0.459 e. The van der Waals surface area contributed by atoms with Gasteiger partial charge in [0.1, 0.15) is 17.2 Å². The van der Waals surface area contributed by atoms with Crippen molar-refractivity contribution >= 4 is 23.3 Å². The fourth-order valence-electron chi connectivity index (χ4n) is 2.05. The third-order valence-corrected chi connectivity index (χ3v) is 3.37. The maximum atomic E-state index is 11.9. The first-order valence-electron chi connectivity index (χ1n) is 6.31. The highest BCUT2D eigenvalue weighted by Gasteiger charge is 2.25. The molecule has 0 spiro atoms. The lowest BCUT2D eigenvalue weighted by molar-refractivity contribution is -0.385. The molecule has 0 aliphatic carbocycles. The molecule has 0 saturated carbocycles. The van der Waals surface area contributed by atoms with Gasteiger partial charge in [-0.25, -0.2) is 4.79 Å². The predicted octanol–water partition coefficient (Wildman–Crippen LogP) is 2.97. The lowest BCUT2D eigenvalue weighted by atomic mass is 10.1. The van der Waals surface area contributed by atoms with Gasteiger partial charge in [0, 0.05) is 6.61 Å². The standard InChI is InChI=1S/C13H14ClNO5/c14-11-6-3-5-10(12(11)15(17)18)13(16)20-8-9-4-1-2-7-19-9/h3,5-6,9H,1-2,4,7-8H2. The average Bonchev–Trinajstić information content (AvgIpc) is 2.45. The van der Waals surface area contributed by atoms with E-state index in [9.17, 15) is 14.9 Å². The number of carbonyl (C=O) groups excluding carboxylic acids is 1. The van der Waals surface area contributed by atoms with Crippen LogP contribution in [0.1, 0.15) is 29.6 Å². The average molecular weight is 300 g/mol. The number of hydrogen-bond donors (Lipinski definition) is 0. The van der Waals surface area contributed by atoms with Gasteiger partial charge in [-0.2, -0.15) is 0 Å². The molecule has 20 heavy (non-hydrogen) atoms. The lowest BCUT2D eigenvalue weighted by Gasteiger charge is -2.22. The topological polar surface area (TPSA) is 78.7 Å². The Labute approximate surface area is 120 Å². The van der Waals surface area contributed by atoms with E-state index in [0.29, 0.717) is 6.61 Å². The predicted molar refractivity (Wildman–Crippen MR) is 72.0 cm³/mol. The Kier molecular flexibility index (Phi) is 4.92. The zero-order chi connectivity index (χ0) is 14.5. The van der Waals surface area contributed by atoms with E-state index in [1.165, 1.54) is 18.2 Å². The highest BCUT2D eigenvalue weighted by Crippen LogP contribution is 2.28. The Balaban J connectivity index is 2.05. The Hall–Kier alpha value is -1.66. The van der Waals surface area contributed by atoms with E-state index in [1.807, 2.05) is 0 Å². The van der Waals surface area contributed by atoms with E-state index in [4.69, 9.17) is 21.1 Å². The summed E-state index contributed by atoms with van der Waals surface area (Å²) in [7, 11) is 0. The summed E-state index contributed by atoms with van der Waals surface area (Å²) in [5.74, 6) is -0.756. The molecule has 1 saturated heterocycles. The smallest absolute Gasteiger partial charge is 0.345 e. The largest absolute Gasteiger partial charge is 0.459 e. The van der Waals surface area contributed by atoms with E-state index < -0.39 is 16.6 Å². The van der Waals surface area contributed by atoms with E-state index in [0.717, 1.165) is 19.3 Å². The van der Waals surface area contributed by atoms with Gasteiger partial charge in [-0.3, -0.25) is 10.1 Å². The molecule has 1 atom stereocenters. The Morgan fingerprint density at radius 1 is 1.50 bits per heavy atom. The normalized spacial score (nSPS) is 18.6. The van der Waals surface area contributed by atoms with Crippen LogP contribution >= 0.6 is 11.6 Å². The molecule has 1 aliphatic rings. The number of rotatable bonds is 4. The third kappa shape index (κ3) is 3.46. The van der Waals surface area contributed by atoms with Gasteiger partial charge in [0.25, 0.3) is 0 Å². The highest BCUT2D eigenvalue weighted by molar-refractivity contribution is 6.33. The van der Waals surface area contributed by atoms with Crippen LogP contribution in [0.5, 0.6) is 0 Å². The minimum atomic E-state index is -0.756. The van der Waals surface area contributed by atoms with E-state index in [-0.39, 0.29) is 23.3 Å². The molecule has 1 aromatic rings. The lowest BCUT2D eigenvalue weighted by Crippen LogP contribution is -2.26. The quantitative estimate of drug-likeness (QED) is 0.485. The molecular weight excluding hydrogens is 286 g/mol. The van der Waals surface area contributed by atoms with Crippen LogP contribution in [0.15, 0.2) is 18.2 Å². The number of ether oxygens (including phenoxy) is 2. The number of carbonyl (C=O) groups is 1. The molecule has 0 aromatic heterocycles. The van der Waals surface area contributed by atoms with Crippen LogP contribution in [0.3, 0.4) is 0 Å². The number of esters is 1. The molecular formula is C13H14ClNO5. The zero-order valence-electron chi connectivity index (χ0n) is 10.7. The molecule has 1 fully saturated rings. The molecule has 6 nitrogen and oxygen atoms in total. The second-order valence-electron chi connectivity index (χ2n) is 4.48. The summed E-state index contributed by atoms with van der Waals surface area (Å²) in [6.07, 6.45) is 2.72.